The van der Waals surface area contributed by atoms with Crippen molar-refractivity contribution in [1.82, 2.24) is 9.97 Å². The van der Waals surface area contributed by atoms with E-state index < -0.39 is 11.9 Å². The molecule has 27 heavy (non-hydrogen) atoms. The number of carbonyl (C=O) groups excluding carboxylic acids is 3. The molecule has 0 fully saturated rings. The predicted octanol–water partition coefficient (Wildman–Crippen LogP) is 2.30. The Morgan fingerprint density at radius 1 is 0.889 bits per heavy atom. The normalized spacial score (nSPS) is 10.3. The molecule has 136 valence electrons. The lowest BCUT2D eigenvalue weighted by atomic mass is 10.2. The van der Waals surface area contributed by atoms with Crippen molar-refractivity contribution in [2.75, 3.05) is 17.7 Å². The molecule has 0 atom stereocenters. The Bertz CT molecular complexity index is 1030. The second-order valence-electron chi connectivity index (χ2n) is 5.67. The van der Waals surface area contributed by atoms with Crippen LogP contribution in [-0.4, -0.2) is 34.9 Å². The van der Waals surface area contributed by atoms with Crippen molar-refractivity contribution in [3.8, 4) is 0 Å². The van der Waals surface area contributed by atoms with E-state index in [9.17, 15) is 14.4 Å². The summed E-state index contributed by atoms with van der Waals surface area (Å²) >= 11 is 0. The number of amides is 2. The molecule has 0 spiro atoms. The highest BCUT2D eigenvalue weighted by Crippen LogP contribution is 2.15. The predicted molar refractivity (Wildman–Crippen MR) is 99.3 cm³/mol. The van der Waals surface area contributed by atoms with Crippen LogP contribution in [0.5, 0.6) is 0 Å². The lowest BCUT2D eigenvalue weighted by molar-refractivity contribution is -0.150. The van der Waals surface area contributed by atoms with Gasteiger partial charge < -0.3 is 15.4 Å². The van der Waals surface area contributed by atoms with E-state index in [1.165, 1.54) is 24.3 Å². The number of fused-ring (bicyclic) bond motifs is 1. The molecule has 0 radical (unpaired) electrons. The van der Waals surface area contributed by atoms with Gasteiger partial charge in [-0.05, 0) is 55.5 Å². The first-order chi connectivity index (χ1) is 13.0. The van der Waals surface area contributed by atoms with Crippen molar-refractivity contribution in [3.63, 3.8) is 0 Å². The molecule has 8 heteroatoms. The molecule has 0 unspecified atom stereocenters. The molecule has 8 nitrogen and oxygen atoms in total. The third-order valence-corrected chi connectivity index (χ3v) is 3.71. The van der Waals surface area contributed by atoms with Gasteiger partial charge in [0.15, 0.2) is 5.65 Å². The fourth-order valence-electron chi connectivity index (χ4n) is 2.33. The van der Waals surface area contributed by atoms with E-state index >= 15 is 0 Å². The fourth-order valence-corrected chi connectivity index (χ4v) is 2.33. The molecule has 2 heterocycles. The van der Waals surface area contributed by atoms with Crippen LogP contribution in [0.2, 0.25) is 0 Å². The Hall–Kier alpha value is -3.81. The first kappa shape index (κ1) is 18.0. The Morgan fingerprint density at radius 2 is 1.59 bits per heavy atom. The monoisotopic (exact) mass is 364 g/mol. The second-order valence-corrected chi connectivity index (χ2v) is 5.67. The molecule has 3 aromatic rings. The van der Waals surface area contributed by atoms with Crippen LogP contribution in [0.4, 0.5) is 11.5 Å². The van der Waals surface area contributed by atoms with E-state index in [0.717, 1.165) is 18.2 Å². The van der Waals surface area contributed by atoms with E-state index in [0.29, 0.717) is 22.7 Å². The highest BCUT2D eigenvalue weighted by atomic mass is 16.5. The van der Waals surface area contributed by atoms with Gasteiger partial charge in [0, 0.05) is 22.3 Å². The average Bonchev–Trinajstić information content (AvgIpc) is 2.67. The third kappa shape index (κ3) is 4.24. The second kappa shape index (κ2) is 7.61. The molecular formula is C19H16N4O4. The summed E-state index contributed by atoms with van der Waals surface area (Å²) in [5.74, 6) is -1.87. The lowest BCUT2D eigenvalue weighted by Crippen LogP contribution is -2.23. The quantitative estimate of drug-likeness (QED) is 0.545. The number of benzene rings is 1. The van der Waals surface area contributed by atoms with Gasteiger partial charge in [-0.1, -0.05) is 0 Å². The largest absolute Gasteiger partial charge is 0.462 e. The zero-order valence-electron chi connectivity index (χ0n) is 14.6. The topological polar surface area (TPSA) is 110 Å². The van der Waals surface area contributed by atoms with Crippen LogP contribution < -0.4 is 10.6 Å². The van der Waals surface area contributed by atoms with Crippen molar-refractivity contribution in [3.05, 3.63) is 59.8 Å². The standard InChI is InChI=1S/C19H16N4O4/c1-11-3-4-12-7-10-15(22-16(12)20-11)23-17(24)13-5-8-14(9-6-13)21-18(25)19(26)27-2/h3-10H,1-2H3,(H,21,25)(H,20,22,23,24). The number of pyridine rings is 2. The number of esters is 1. The number of methoxy groups -OCH3 is 1. The Labute approximate surface area is 154 Å². The van der Waals surface area contributed by atoms with Crippen LogP contribution >= 0.6 is 0 Å². The van der Waals surface area contributed by atoms with Crippen molar-refractivity contribution in [1.29, 1.82) is 0 Å². The minimum absolute atomic E-state index is 0.361. The molecule has 2 amide bonds. The van der Waals surface area contributed by atoms with Gasteiger partial charge in [0.2, 0.25) is 0 Å². The van der Waals surface area contributed by atoms with E-state index in [1.807, 2.05) is 25.1 Å². The highest BCUT2D eigenvalue weighted by Gasteiger charge is 2.14. The summed E-state index contributed by atoms with van der Waals surface area (Å²) in [6.45, 7) is 1.87. The zero-order valence-corrected chi connectivity index (χ0v) is 14.6. The molecule has 0 aliphatic heterocycles. The number of nitrogens with zero attached hydrogens (tertiary/aromatic N) is 2. The van der Waals surface area contributed by atoms with Crippen LogP contribution in [0.15, 0.2) is 48.5 Å². The van der Waals surface area contributed by atoms with Crippen LogP contribution in [0.3, 0.4) is 0 Å². The Morgan fingerprint density at radius 3 is 2.30 bits per heavy atom. The molecule has 1 aromatic carbocycles. The highest BCUT2D eigenvalue weighted by molar-refractivity contribution is 6.37. The molecule has 0 saturated heterocycles. The number of hydrogen-bond donors (Lipinski definition) is 2. The van der Waals surface area contributed by atoms with Crippen LogP contribution in [0.1, 0.15) is 16.1 Å². The van der Waals surface area contributed by atoms with Gasteiger partial charge in [0.1, 0.15) is 5.82 Å². The Balaban J connectivity index is 1.71. The van der Waals surface area contributed by atoms with E-state index in [4.69, 9.17) is 0 Å². The minimum atomic E-state index is -0.997. The molecule has 0 saturated carbocycles. The molecule has 3 rings (SSSR count). The van der Waals surface area contributed by atoms with Gasteiger partial charge in [-0.3, -0.25) is 9.59 Å². The fraction of sp³-hybridized carbons (Fsp3) is 0.105. The van der Waals surface area contributed by atoms with Gasteiger partial charge in [-0.2, -0.15) is 0 Å². The van der Waals surface area contributed by atoms with Gasteiger partial charge in [-0.15, -0.1) is 0 Å². The van der Waals surface area contributed by atoms with E-state index in [2.05, 4.69) is 25.3 Å². The first-order valence-corrected chi connectivity index (χ1v) is 8.01. The SMILES string of the molecule is COC(=O)C(=O)Nc1ccc(C(=O)Nc2ccc3ccc(C)nc3n2)cc1. The summed E-state index contributed by atoms with van der Waals surface area (Å²) < 4.78 is 4.32. The number of ether oxygens (including phenoxy) is 1. The summed E-state index contributed by atoms with van der Waals surface area (Å²) in [7, 11) is 1.12. The summed E-state index contributed by atoms with van der Waals surface area (Å²) in [5.41, 5.74) is 2.12. The maximum atomic E-state index is 12.4. The third-order valence-electron chi connectivity index (χ3n) is 3.71. The first-order valence-electron chi connectivity index (χ1n) is 8.01. The number of hydrogen-bond acceptors (Lipinski definition) is 6. The average molecular weight is 364 g/mol. The summed E-state index contributed by atoms with van der Waals surface area (Å²) in [6.07, 6.45) is 0. The Kier molecular flexibility index (Phi) is 5.07. The summed E-state index contributed by atoms with van der Waals surface area (Å²) in [6, 6.07) is 13.4. The molecule has 0 aliphatic carbocycles. The molecular weight excluding hydrogens is 348 g/mol. The van der Waals surface area contributed by atoms with Crippen molar-refractivity contribution >= 4 is 40.3 Å². The summed E-state index contributed by atoms with van der Waals surface area (Å²) in [4.78, 5) is 43.6. The molecule has 0 aliphatic rings. The van der Waals surface area contributed by atoms with Gasteiger partial charge in [0.25, 0.3) is 5.91 Å². The molecule has 2 aromatic heterocycles. The molecule has 2 N–H and O–H groups in total. The number of carbonyl (C=O) groups is 3. The minimum Gasteiger partial charge on any atom is -0.462 e. The van der Waals surface area contributed by atoms with Crippen LogP contribution in [0.25, 0.3) is 11.0 Å². The number of aromatic nitrogens is 2. The van der Waals surface area contributed by atoms with Gasteiger partial charge in [0.05, 0.1) is 7.11 Å². The number of aryl methyl sites for hydroxylation is 1. The maximum absolute atomic E-state index is 12.4. The smallest absolute Gasteiger partial charge is 0.396 e. The van der Waals surface area contributed by atoms with E-state index in [1.54, 1.807) is 6.07 Å². The zero-order chi connectivity index (χ0) is 19.4. The maximum Gasteiger partial charge on any atom is 0.396 e. The van der Waals surface area contributed by atoms with Crippen molar-refractivity contribution in [2.45, 2.75) is 6.92 Å². The lowest BCUT2D eigenvalue weighted by Gasteiger charge is -2.07. The van der Waals surface area contributed by atoms with Gasteiger partial charge in [-0.25, -0.2) is 14.8 Å². The van der Waals surface area contributed by atoms with E-state index in [-0.39, 0.29) is 5.91 Å². The number of anilines is 2. The van der Waals surface area contributed by atoms with Crippen molar-refractivity contribution < 1.29 is 19.1 Å². The van der Waals surface area contributed by atoms with Crippen LogP contribution in [0, 0.1) is 6.92 Å². The number of nitrogens with one attached hydrogen (secondary N) is 2. The van der Waals surface area contributed by atoms with Gasteiger partial charge >= 0.3 is 11.9 Å². The van der Waals surface area contributed by atoms with Crippen molar-refractivity contribution in [2.24, 2.45) is 0 Å². The summed E-state index contributed by atoms with van der Waals surface area (Å²) in [5, 5.41) is 5.95. The number of rotatable bonds is 3. The molecule has 0 bridgehead atoms. The van der Waals surface area contributed by atoms with Crippen LogP contribution in [-0.2, 0) is 14.3 Å².